The van der Waals surface area contributed by atoms with Crippen molar-refractivity contribution >= 4 is 12.3 Å². The Hall–Kier alpha value is -1.84. The lowest BCUT2D eigenvalue weighted by Gasteiger charge is -2.05. The summed E-state index contributed by atoms with van der Waals surface area (Å²) in [5.74, 6) is -0.461. The summed E-state index contributed by atoms with van der Waals surface area (Å²) in [6, 6.07) is 4.51. The predicted octanol–water partition coefficient (Wildman–Crippen LogP) is 1.70. The number of aryl methyl sites for hydroxylation is 1. The number of carbonyl (C=O) groups excluding carboxylic acids is 2. The van der Waals surface area contributed by atoms with E-state index in [9.17, 15) is 14.7 Å². The molecule has 0 saturated heterocycles. The fourth-order valence-electron chi connectivity index (χ4n) is 1.38. The van der Waals surface area contributed by atoms with E-state index < -0.39 is 5.97 Å². The van der Waals surface area contributed by atoms with Crippen LogP contribution in [0.1, 0.15) is 29.3 Å². The molecule has 0 aromatic heterocycles. The Kier molecular flexibility index (Phi) is 4.51. The van der Waals surface area contributed by atoms with Crippen molar-refractivity contribution in [2.24, 2.45) is 0 Å². The Morgan fingerprint density at radius 3 is 2.81 bits per heavy atom. The molecule has 4 nitrogen and oxygen atoms in total. The maximum Gasteiger partial charge on any atom is 0.338 e. The first-order valence-electron chi connectivity index (χ1n) is 5.11. The minimum absolute atomic E-state index is 0.00597. The zero-order chi connectivity index (χ0) is 12.0. The van der Waals surface area contributed by atoms with Crippen molar-refractivity contribution in [3.05, 3.63) is 29.3 Å². The molecule has 0 saturated carbocycles. The van der Waals surface area contributed by atoms with Crippen LogP contribution in [0.15, 0.2) is 18.2 Å². The monoisotopic (exact) mass is 222 g/mol. The molecule has 1 N–H and O–H groups in total. The Labute approximate surface area is 93.9 Å². The van der Waals surface area contributed by atoms with Gasteiger partial charge in [-0.25, -0.2) is 4.79 Å². The minimum Gasteiger partial charge on any atom is -0.508 e. The van der Waals surface area contributed by atoms with Gasteiger partial charge in [0.25, 0.3) is 0 Å². The van der Waals surface area contributed by atoms with E-state index in [2.05, 4.69) is 0 Å². The molecule has 0 aliphatic rings. The number of phenols is 1. The Bertz CT molecular complexity index is 385. The fourth-order valence-corrected chi connectivity index (χ4v) is 1.38. The second-order valence-electron chi connectivity index (χ2n) is 3.31. The third-order valence-electron chi connectivity index (χ3n) is 2.04. The van der Waals surface area contributed by atoms with E-state index in [-0.39, 0.29) is 12.4 Å². The van der Waals surface area contributed by atoms with Gasteiger partial charge in [0.1, 0.15) is 12.0 Å². The van der Waals surface area contributed by atoms with Crippen molar-refractivity contribution in [1.82, 2.24) is 0 Å². The largest absolute Gasteiger partial charge is 0.508 e. The molecule has 0 radical (unpaired) electrons. The van der Waals surface area contributed by atoms with Crippen molar-refractivity contribution in [3.8, 4) is 5.75 Å². The van der Waals surface area contributed by atoms with E-state index in [1.807, 2.05) is 0 Å². The van der Waals surface area contributed by atoms with Gasteiger partial charge in [-0.15, -0.1) is 0 Å². The van der Waals surface area contributed by atoms with Crippen LogP contribution in [0.25, 0.3) is 0 Å². The lowest BCUT2D eigenvalue weighted by molar-refractivity contribution is -0.107. The summed E-state index contributed by atoms with van der Waals surface area (Å²) >= 11 is 0. The Balaban J connectivity index is 2.88. The summed E-state index contributed by atoms with van der Waals surface area (Å²) in [5, 5.41) is 9.41. The van der Waals surface area contributed by atoms with Gasteiger partial charge in [0.15, 0.2) is 0 Å². The van der Waals surface area contributed by atoms with Gasteiger partial charge in [0, 0.05) is 6.42 Å². The summed E-state index contributed by atoms with van der Waals surface area (Å²) < 4.78 is 4.82. The standard InChI is InChI=1S/C12H14O4/c1-2-16-12(15)10-6-9(4-3-5-13)7-11(14)8-10/h5-8,14H,2-4H2,1H3. The minimum atomic E-state index is -0.467. The quantitative estimate of drug-likeness (QED) is 0.608. The summed E-state index contributed by atoms with van der Waals surface area (Å²) in [7, 11) is 0. The van der Waals surface area contributed by atoms with Crippen molar-refractivity contribution in [2.45, 2.75) is 19.8 Å². The second kappa shape index (κ2) is 5.90. The molecule has 0 aliphatic carbocycles. The number of hydrogen-bond acceptors (Lipinski definition) is 4. The SMILES string of the molecule is CCOC(=O)c1cc(O)cc(CCC=O)c1. The van der Waals surface area contributed by atoms with Crippen LogP contribution in [0.2, 0.25) is 0 Å². The molecule has 1 aromatic rings. The predicted molar refractivity (Wildman–Crippen MR) is 58.4 cm³/mol. The molecule has 0 unspecified atom stereocenters. The molecule has 0 heterocycles. The van der Waals surface area contributed by atoms with Gasteiger partial charge in [-0.3, -0.25) is 0 Å². The highest BCUT2D eigenvalue weighted by Crippen LogP contribution is 2.17. The summed E-state index contributed by atoms with van der Waals surface area (Å²) in [6.07, 6.45) is 1.67. The highest BCUT2D eigenvalue weighted by Gasteiger charge is 2.09. The molecule has 1 rings (SSSR count). The lowest BCUT2D eigenvalue weighted by atomic mass is 10.1. The van der Waals surface area contributed by atoms with Gasteiger partial charge in [-0.05, 0) is 37.1 Å². The topological polar surface area (TPSA) is 63.6 Å². The van der Waals surface area contributed by atoms with E-state index in [1.165, 1.54) is 12.1 Å². The highest BCUT2D eigenvalue weighted by atomic mass is 16.5. The normalized spacial score (nSPS) is 9.81. The maximum absolute atomic E-state index is 11.4. The number of aldehydes is 1. The summed E-state index contributed by atoms with van der Waals surface area (Å²) in [4.78, 5) is 21.7. The van der Waals surface area contributed by atoms with Crippen molar-refractivity contribution < 1.29 is 19.4 Å². The van der Waals surface area contributed by atoms with E-state index in [1.54, 1.807) is 13.0 Å². The first-order valence-corrected chi connectivity index (χ1v) is 5.11. The molecule has 0 fully saturated rings. The van der Waals surface area contributed by atoms with Gasteiger partial charge in [0.05, 0.1) is 12.2 Å². The lowest BCUT2D eigenvalue weighted by Crippen LogP contribution is -2.05. The molecule has 1 aromatic carbocycles. The molecule has 4 heteroatoms. The molecule has 0 aliphatic heterocycles. The molecular formula is C12H14O4. The number of aromatic hydroxyl groups is 1. The van der Waals surface area contributed by atoms with Crippen LogP contribution in [-0.4, -0.2) is 24.0 Å². The molecular weight excluding hydrogens is 208 g/mol. The van der Waals surface area contributed by atoms with Gasteiger partial charge in [-0.1, -0.05) is 0 Å². The van der Waals surface area contributed by atoms with Crippen LogP contribution in [0.5, 0.6) is 5.75 Å². The van der Waals surface area contributed by atoms with Crippen molar-refractivity contribution in [2.75, 3.05) is 6.61 Å². The van der Waals surface area contributed by atoms with Crippen LogP contribution >= 0.6 is 0 Å². The fraction of sp³-hybridized carbons (Fsp3) is 0.333. The first-order chi connectivity index (χ1) is 7.67. The summed E-state index contributed by atoms with van der Waals surface area (Å²) in [6.45, 7) is 2.01. The zero-order valence-electron chi connectivity index (χ0n) is 9.10. The van der Waals surface area contributed by atoms with Crippen LogP contribution in [0, 0.1) is 0 Å². The second-order valence-corrected chi connectivity index (χ2v) is 3.31. The number of rotatable bonds is 5. The Morgan fingerprint density at radius 2 is 2.19 bits per heavy atom. The number of phenolic OH excluding ortho intramolecular Hbond substituents is 1. The van der Waals surface area contributed by atoms with Gasteiger partial charge >= 0.3 is 5.97 Å². The molecule has 0 amide bonds. The zero-order valence-corrected chi connectivity index (χ0v) is 9.10. The number of benzene rings is 1. The van der Waals surface area contributed by atoms with Crippen molar-refractivity contribution in [3.63, 3.8) is 0 Å². The molecule has 86 valence electrons. The first kappa shape index (κ1) is 12.2. The molecule has 0 bridgehead atoms. The van der Waals surface area contributed by atoms with Crippen LogP contribution in [-0.2, 0) is 16.0 Å². The van der Waals surface area contributed by atoms with Crippen molar-refractivity contribution in [1.29, 1.82) is 0 Å². The Morgan fingerprint density at radius 1 is 1.44 bits per heavy atom. The van der Waals surface area contributed by atoms with Crippen LogP contribution < -0.4 is 0 Å². The highest BCUT2D eigenvalue weighted by molar-refractivity contribution is 5.90. The number of hydrogen-bond donors (Lipinski definition) is 1. The van der Waals surface area contributed by atoms with Gasteiger partial charge < -0.3 is 14.6 Å². The van der Waals surface area contributed by atoms with E-state index in [0.717, 1.165) is 11.8 Å². The van der Waals surface area contributed by atoms with Crippen LogP contribution in [0.3, 0.4) is 0 Å². The number of esters is 1. The van der Waals surface area contributed by atoms with Gasteiger partial charge in [0.2, 0.25) is 0 Å². The third-order valence-corrected chi connectivity index (χ3v) is 2.04. The number of carbonyl (C=O) groups is 2. The molecule has 0 spiro atoms. The maximum atomic E-state index is 11.4. The summed E-state index contributed by atoms with van der Waals surface area (Å²) in [5.41, 5.74) is 1.05. The van der Waals surface area contributed by atoms with E-state index >= 15 is 0 Å². The van der Waals surface area contributed by atoms with E-state index in [0.29, 0.717) is 18.4 Å². The smallest absolute Gasteiger partial charge is 0.338 e. The molecule has 0 atom stereocenters. The van der Waals surface area contributed by atoms with Gasteiger partial charge in [-0.2, -0.15) is 0 Å². The molecule has 16 heavy (non-hydrogen) atoms. The van der Waals surface area contributed by atoms with Crippen LogP contribution in [0.4, 0.5) is 0 Å². The average Bonchev–Trinajstić information content (AvgIpc) is 2.26. The number of ether oxygens (including phenoxy) is 1. The van der Waals surface area contributed by atoms with E-state index in [4.69, 9.17) is 4.74 Å². The third kappa shape index (κ3) is 3.38. The average molecular weight is 222 g/mol.